The second kappa shape index (κ2) is 15.4. The van der Waals surface area contributed by atoms with Gasteiger partial charge in [-0.1, -0.05) is 176 Å². The summed E-state index contributed by atoms with van der Waals surface area (Å²) < 4.78 is 2.34. The van der Waals surface area contributed by atoms with Gasteiger partial charge in [0.05, 0.1) is 34.1 Å². The number of rotatable bonds is 6. The maximum atomic E-state index is 10.2. The number of nitrogens with zero attached hydrogens (tertiary/aromatic N) is 3. The number of benzene rings is 12. The van der Waals surface area contributed by atoms with Crippen molar-refractivity contribution < 1.29 is 0 Å². The van der Waals surface area contributed by atoms with Crippen molar-refractivity contribution in [2.45, 2.75) is 0 Å². The molecule has 0 saturated carbocycles. The molecule has 0 fully saturated rings. The summed E-state index contributed by atoms with van der Waals surface area (Å²) in [4.78, 5) is 5.27. The van der Waals surface area contributed by atoms with Crippen LogP contribution in [0.1, 0.15) is 5.56 Å². The Balaban J connectivity index is 1.10. The van der Waals surface area contributed by atoms with Gasteiger partial charge in [-0.15, -0.1) is 0 Å². The lowest BCUT2D eigenvalue weighted by Crippen LogP contribution is -1.95. The Bertz CT molecular complexity index is 4410. The zero-order valence-electron chi connectivity index (χ0n) is 37.4. The number of nitriles is 1. The molecule has 318 valence electrons. The quantitative estimate of drug-likeness (QED) is 0.123. The van der Waals surface area contributed by atoms with Gasteiger partial charge in [0.15, 0.2) is 0 Å². The fourth-order valence-corrected chi connectivity index (χ4v) is 11.3. The van der Waals surface area contributed by atoms with E-state index in [9.17, 15) is 5.26 Å². The highest BCUT2D eigenvalue weighted by Gasteiger charge is 2.23. The van der Waals surface area contributed by atoms with E-state index < -0.39 is 0 Å². The van der Waals surface area contributed by atoms with Crippen molar-refractivity contribution >= 4 is 75.7 Å². The summed E-state index contributed by atoms with van der Waals surface area (Å²) in [5.74, 6) is 0. The van der Waals surface area contributed by atoms with Crippen LogP contribution in [-0.2, 0) is 0 Å². The molecule has 0 aliphatic carbocycles. The molecule has 0 saturated heterocycles. The van der Waals surface area contributed by atoms with E-state index in [1.165, 1.54) is 81.5 Å². The average molecular weight is 874 g/mol. The van der Waals surface area contributed by atoms with E-state index in [1.54, 1.807) is 0 Å². The molecule has 3 nitrogen and oxygen atoms in total. The summed E-state index contributed by atoms with van der Waals surface area (Å²) >= 11 is 0. The predicted octanol–water partition coefficient (Wildman–Crippen LogP) is 17.6. The summed E-state index contributed by atoms with van der Waals surface area (Å²) in [7, 11) is 0. The smallest absolute Gasteiger partial charge is 0.0992 e. The van der Waals surface area contributed by atoms with Gasteiger partial charge in [-0.3, -0.25) is 0 Å². The van der Waals surface area contributed by atoms with Crippen LogP contribution in [0.3, 0.4) is 0 Å². The van der Waals surface area contributed by atoms with E-state index in [2.05, 4.69) is 229 Å². The molecular formula is C66H39N3. The van der Waals surface area contributed by atoms with Crippen molar-refractivity contribution in [3.05, 3.63) is 242 Å². The first-order valence-electron chi connectivity index (χ1n) is 23.5. The van der Waals surface area contributed by atoms with Crippen molar-refractivity contribution in [2.24, 2.45) is 0 Å². The number of hydrogen-bond donors (Lipinski definition) is 0. The standard InChI is InChI=1S/C66H39N3/c67-40-41-34-47-28-29-48-36-49(39-62-64(48)63(47)61(35-41)69(62)50-20-5-2-6-21-50)45-30-32-55-57(37-45)65(53-24-11-18-42-14-7-9-22-51(42)53)56-33-31-46(60-27-13-26-59(68-60)44-16-3-1-4-17-44)38-58(56)66(55)54-25-12-19-43-15-8-10-23-52(43)54/h1-39H. The van der Waals surface area contributed by atoms with Gasteiger partial charge in [0.25, 0.3) is 0 Å². The molecule has 0 atom stereocenters. The molecule has 0 spiro atoms. The number of pyridine rings is 1. The summed E-state index contributed by atoms with van der Waals surface area (Å²) in [5, 5.41) is 24.3. The first kappa shape index (κ1) is 38.9. The Labute approximate surface area is 398 Å². The molecule has 2 heterocycles. The fourth-order valence-electron chi connectivity index (χ4n) is 11.3. The minimum Gasteiger partial charge on any atom is -0.309 e. The van der Waals surface area contributed by atoms with Gasteiger partial charge in [-0.05, 0) is 148 Å². The molecule has 0 unspecified atom stereocenters. The van der Waals surface area contributed by atoms with Gasteiger partial charge < -0.3 is 4.57 Å². The van der Waals surface area contributed by atoms with Gasteiger partial charge in [0.2, 0.25) is 0 Å². The molecule has 14 aromatic rings. The van der Waals surface area contributed by atoms with Crippen LogP contribution in [-0.4, -0.2) is 9.55 Å². The summed E-state index contributed by atoms with van der Waals surface area (Å²) in [5.41, 5.74) is 15.0. The number of aromatic nitrogens is 2. The van der Waals surface area contributed by atoms with E-state index in [1.807, 2.05) is 18.2 Å². The van der Waals surface area contributed by atoms with Crippen LogP contribution in [0.15, 0.2) is 237 Å². The normalized spacial score (nSPS) is 11.8. The van der Waals surface area contributed by atoms with E-state index in [0.717, 1.165) is 55.7 Å². The Morgan fingerprint density at radius 2 is 0.855 bits per heavy atom. The first-order valence-corrected chi connectivity index (χ1v) is 23.5. The van der Waals surface area contributed by atoms with Gasteiger partial charge in [-0.2, -0.15) is 5.26 Å². The second-order valence-electron chi connectivity index (χ2n) is 18.1. The zero-order valence-corrected chi connectivity index (χ0v) is 37.4. The highest BCUT2D eigenvalue weighted by Crippen LogP contribution is 2.49. The molecule has 69 heavy (non-hydrogen) atoms. The number of fused-ring (bicyclic) bond motifs is 4. The first-order chi connectivity index (χ1) is 34.2. The van der Waals surface area contributed by atoms with Crippen molar-refractivity contribution in [1.29, 1.82) is 5.26 Å². The molecule has 12 aromatic carbocycles. The second-order valence-corrected chi connectivity index (χ2v) is 18.1. The molecule has 3 heteroatoms. The number of para-hydroxylation sites is 1. The Hall–Kier alpha value is -9.36. The lowest BCUT2D eigenvalue weighted by molar-refractivity contribution is 1.18. The minimum atomic E-state index is 0.652. The van der Waals surface area contributed by atoms with Gasteiger partial charge in [-0.25, -0.2) is 4.98 Å². The SMILES string of the molecule is N#Cc1cc2ccc3cc(-c4ccc5c(-c6cccc7ccccc67)c6cc(-c7cccc(-c8ccccc8)n7)ccc6c(-c6cccc7ccccc67)c5c4)cc4c3c2c(c1)n4-c1ccccc1. The Morgan fingerprint density at radius 1 is 0.333 bits per heavy atom. The minimum absolute atomic E-state index is 0.652. The van der Waals surface area contributed by atoms with Crippen molar-refractivity contribution in [3.8, 4) is 67.7 Å². The third kappa shape index (κ3) is 6.10. The molecule has 0 radical (unpaired) electrons. The molecule has 14 rings (SSSR count). The third-order valence-electron chi connectivity index (χ3n) is 14.3. The van der Waals surface area contributed by atoms with Gasteiger partial charge in [0.1, 0.15) is 0 Å². The van der Waals surface area contributed by atoms with E-state index in [0.29, 0.717) is 5.56 Å². The van der Waals surface area contributed by atoms with Crippen LogP contribution in [0.25, 0.3) is 137 Å². The highest BCUT2D eigenvalue weighted by molar-refractivity contribution is 6.28. The van der Waals surface area contributed by atoms with Crippen molar-refractivity contribution in [3.63, 3.8) is 0 Å². The molecule has 0 amide bonds. The van der Waals surface area contributed by atoms with Crippen molar-refractivity contribution in [1.82, 2.24) is 9.55 Å². The average Bonchev–Trinajstić information content (AvgIpc) is 3.76. The lowest BCUT2D eigenvalue weighted by atomic mass is 9.82. The van der Waals surface area contributed by atoms with Crippen LogP contribution in [0.2, 0.25) is 0 Å². The summed E-state index contributed by atoms with van der Waals surface area (Å²) in [6.07, 6.45) is 0. The molecule has 2 aromatic heterocycles. The number of hydrogen-bond acceptors (Lipinski definition) is 2. The molecule has 0 N–H and O–H groups in total. The summed E-state index contributed by atoms with van der Waals surface area (Å²) in [6.45, 7) is 0. The monoisotopic (exact) mass is 873 g/mol. The summed E-state index contributed by atoms with van der Waals surface area (Å²) in [6, 6.07) is 87.9. The topological polar surface area (TPSA) is 41.6 Å². The van der Waals surface area contributed by atoms with Gasteiger partial charge >= 0.3 is 0 Å². The zero-order chi connectivity index (χ0) is 45.6. The van der Waals surface area contributed by atoms with Crippen LogP contribution in [0, 0.1) is 11.3 Å². The third-order valence-corrected chi connectivity index (χ3v) is 14.3. The van der Waals surface area contributed by atoms with Crippen LogP contribution < -0.4 is 0 Å². The van der Waals surface area contributed by atoms with Crippen LogP contribution in [0.4, 0.5) is 0 Å². The molecule has 0 aliphatic rings. The molecule has 0 bridgehead atoms. The Morgan fingerprint density at radius 3 is 1.51 bits per heavy atom. The molecule has 0 aliphatic heterocycles. The van der Waals surface area contributed by atoms with Crippen LogP contribution >= 0.6 is 0 Å². The Kier molecular flexibility index (Phi) is 8.65. The van der Waals surface area contributed by atoms with Crippen LogP contribution in [0.5, 0.6) is 0 Å². The molecular weight excluding hydrogens is 835 g/mol. The maximum Gasteiger partial charge on any atom is 0.0992 e. The van der Waals surface area contributed by atoms with E-state index >= 15 is 0 Å². The highest BCUT2D eigenvalue weighted by atomic mass is 15.0. The largest absolute Gasteiger partial charge is 0.309 e. The predicted molar refractivity (Wildman–Crippen MR) is 289 cm³/mol. The fraction of sp³-hybridized carbons (Fsp3) is 0. The van der Waals surface area contributed by atoms with E-state index in [-0.39, 0.29) is 0 Å². The van der Waals surface area contributed by atoms with E-state index in [4.69, 9.17) is 4.98 Å². The lowest BCUT2D eigenvalue weighted by Gasteiger charge is -2.21. The van der Waals surface area contributed by atoms with Crippen molar-refractivity contribution in [2.75, 3.05) is 0 Å². The maximum absolute atomic E-state index is 10.2. The van der Waals surface area contributed by atoms with Gasteiger partial charge in [0, 0.05) is 27.6 Å².